The maximum Gasteiger partial charge on any atom is 0.401 e. The third kappa shape index (κ3) is 9.81. The number of benzene rings is 2. The molecular formula is C28H35F3N2O5. The highest BCUT2D eigenvalue weighted by Crippen LogP contribution is 2.27. The fraction of sp³-hybridized carbons (Fsp3) is 0.464. The third-order valence-electron chi connectivity index (χ3n) is 5.84. The van der Waals surface area contributed by atoms with Crippen molar-refractivity contribution in [3.63, 3.8) is 0 Å². The lowest BCUT2D eigenvalue weighted by Gasteiger charge is -2.27. The van der Waals surface area contributed by atoms with Crippen LogP contribution in [0.25, 0.3) is 0 Å². The van der Waals surface area contributed by atoms with Crippen LogP contribution in [-0.4, -0.2) is 42.7 Å². The number of carbonyl (C=O) groups excluding carboxylic acids is 3. The van der Waals surface area contributed by atoms with E-state index in [2.05, 4.69) is 10.6 Å². The van der Waals surface area contributed by atoms with Gasteiger partial charge in [-0.1, -0.05) is 88.4 Å². The van der Waals surface area contributed by atoms with Crippen LogP contribution >= 0.6 is 0 Å². The molecule has 0 unspecified atom stereocenters. The summed E-state index contributed by atoms with van der Waals surface area (Å²) in [7, 11) is 0. The topological polar surface area (TPSA) is 93.7 Å². The largest absolute Gasteiger partial charge is 0.460 e. The van der Waals surface area contributed by atoms with Crippen molar-refractivity contribution in [2.24, 2.45) is 17.8 Å². The summed E-state index contributed by atoms with van der Waals surface area (Å²) in [5.41, 5.74) is 1.43. The smallest absolute Gasteiger partial charge is 0.401 e. The van der Waals surface area contributed by atoms with E-state index in [-0.39, 0.29) is 13.2 Å². The first-order valence-corrected chi connectivity index (χ1v) is 12.4. The van der Waals surface area contributed by atoms with Crippen LogP contribution in [0.2, 0.25) is 0 Å². The molecule has 0 fully saturated rings. The van der Waals surface area contributed by atoms with Gasteiger partial charge in [-0.15, -0.1) is 0 Å². The predicted octanol–water partition coefficient (Wildman–Crippen LogP) is 4.41. The van der Waals surface area contributed by atoms with Crippen LogP contribution in [-0.2, 0) is 37.1 Å². The van der Waals surface area contributed by atoms with Gasteiger partial charge in [0.25, 0.3) is 0 Å². The van der Waals surface area contributed by atoms with Crippen LogP contribution in [0, 0.1) is 17.8 Å². The van der Waals surface area contributed by atoms with Gasteiger partial charge in [0, 0.05) is 6.54 Å². The average Bonchev–Trinajstić information content (AvgIpc) is 2.87. The van der Waals surface area contributed by atoms with E-state index < -0.39 is 60.4 Å². The van der Waals surface area contributed by atoms with Crippen LogP contribution in [0.1, 0.15) is 38.8 Å². The van der Waals surface area contributed by atoms with Crippen LogP contribution in [0.4, 0.5) is 13.2 Å². The van der Waals surface area contributed by atoms with E-state index in [1.807, 2.05) is 0 Å². The Hall–Kier alpha value is -3.40. The molecule has 10 heteroatoms. The van der Waals surface area contributed by atoms with Crippen molar-refractivity contribution in [2.75, 3.05) is 6.54 Å². The second kappa shape index (κ2) is 14.5. The van der Waals surface area contributed by atoms with Gasteiger partial charge in [0.15, 0.2) is 0 Å². The molecule has 38 heavy (non-hydrogen) atoms. The van der Waals surface area contributed by atoms with Crippen molar-refractivity contribution in [2.45, 2.75) is 59.2 Å². The summed E-state index contributed by atoms with van der Waals surface area (Å²) >= 11 is 0. The molecule has 3 atom stereocenters. The lowest BCUT2D eigenvalue weighted by molar-refractivity contribution is -0.184. The predicted molar refractivity (Wildman–Crippen MR) is 135 cm³/mol. The highest BCUT2D eigenvalue weighted by molar-refractivity contribution is 5.86. The van der Waals surface area contributed by atoms with Crippen molar-refractivity contribution in [3.8, 4) is 0 Å². The molecule has 0 aromatic heterocycles. The van der Waals surface area contributed by atoms with Gasteiger partial charge in [0.2, 0.25) is 5.91 Å². The molecule has 0 spiro atoms. The zero-order valence-corrected chi connectivity index (χ0v) is 22.0. The van der Waals surface area contributed by atoms with Crippen LogP contribution in [0.3, 0.4) is 0 Å². The van der Waals surface area contributed by atoms with Crippen molar-refractivity contribution in [1.29, 1.82) is 0 Å². The number of halogens is 3. The Kier molecular flexibility index (Phi) is 11.8. The maximum absolute atomic E-state index is 13.9. The number of esters is 2. The number of alkyl halides is 3. The summed E-state index contributed by atoms with van der Waals surface area (Å²) in [6.07, 6.45) is -4.93. The van der Waals surface area contributed by atoms with Gasteiger partial charge >= 0.3 is 18.1 Å². The Labute approximate surface area is 221 Å². The highest BCUT2D eigenvalue weighted by atomic mass is 19.4. The Balaban J connectivity index is 2.04. The summed E-state index contributed by atoms with van der Waals surface area (Å²) < 4.78 is 52.2. The standard InChI is InChI=1S/C28H35F3N2O5/c1-18(2)23(26(35)37-16-20-11-7-5-8-12-20)32-15-22(28(29,30)31)25(34)33-24(19(3)4)27(36)38-17-21-13-9-6-10-14-21/h5-14,18-19,22-24,32H,15-17H2,1-4H3,(H,33,34)/t22-,23+,24+/m1/s1. The van der Waals surface area contributed by atoms with Gasteiger partial charge in [-0.3, -0.25) is 9.59 Å². The van der Waals surface area contributed by atoms with Crippen LogP contribution in [0.15, 0.2) is 60.7 Å². The first-order chi connectivity index (χ1) is 17.9. The van der Waals surface area contributed by atoms with Gasteiger partial charge in [0.05, 0.1) is 0 Å². The molecule has 2 rings (SSSR count). The number of amides is 1. The maximum atomic E-state index is 13.9. The minimum Gasteiger partial charge on any atom is -0.460 e. The molecule has 0 aliphatic heterocycles. The lowest BCUT2D eigenvalue weighted by atomic mass is 10.0. The second-order valence-corrected chi connectivity index (χ2v) is 9.64. The first kappa shape index (κ1) is 30.8. The average molecular weight is 537 g/mol. The SMILES string of the molecule is CC(C)[C@H](NC[C@H](C(=O)N[C@H](C(=O)OCc1ccccc1)C(C)C)C(F)(F)F)C(=O)OCc1ccccc1. The Morgan fingerprint density at radius 2 is 1.16 bits per heavy atom. The van der Waals surface area contributed by atoms with Gasteiger partial charge in [-0.25, -0.2) is 4.79 Å². The molecule has 2 aromatic rings. The minimum absolute atomic E-state index is 0.0328. The highest BCUT2D eigenvalue weighted by Gasteiger charge is 2.46. The lowest BCUT2D eigenvalue weighted by Crippen LogP contribution is -2.54. The summed E-state index contributed by atoms with van der Waals surface area (Å²) in [5, 5.41) is 4.75. The molecule has 0 bridgehead atoms. The second-order valence-electron chi connectivity index (χ2n) is 9.64. The molecule has 0 saturated heterocycles. The number of rotatable bonds is 13. The Bertz CT molecular complexity index is 1030. The minimum atomic E-state index is -4.93. The monoisotopic (exact) mass is 536 g/mol. The number of hydrogen-bond acceptors (Lipinski definition) is 6. The molecule has 208 valence electrons. The van der Waals surface area contributed by atoms with Crippen molar-refractivity contribution in [1.82, 2.24) is 10.6 Å². The molecule has 0 aliphatic carbocycles. The molecule has 0 heterocycles. The van der Waals surface area contributed by atoms with Gasteiger partial charge in [-0.2, -0.15) is 13.2 Å². The fourth-order valence-electron chi connectivity index (χ4n) is 3.58. The summed E-state index contributed by atoms with van der Waals surface area (Å²) in [6, 6.07) is 15.3. The fourth-order valence-corrected chi connectivity index (χ4v) is 3.58. The zero-order valence-electron chi connectivity index (χ0n) is 22.0. The molecule has 0 radical (unpaired) electrons. The van der Waals surface area contributed by atoms with Crippen LogP contribution < -0.4 is 10.6 Å². The Morgan fingerprint density at radius 1 is 0.737 bits per heavy atom. The molecule has 7 nitrogen and oxygen atoms in total. The molecule has 2 N–H and O–H groups in total. The number of hydrogen-bond donors (Lipinski definition) is 2. The third-order valence-corrected chi connectivity index (χ3v) is 5.84. The number of ether oxygens (including phenoxy) is 2. The van der Waals surface area contributed by atoms with Gasteiger partial charge in [-0.05, 0) is 23.0 Å². The van der Waals surface area contributed by atoms with E-state index in [0.29, 0.717) is 5.56 Å². The van der Waals surface area contributed by atoms with E-state index >= 15 is 0 Å². The molecule has 1 amide bonds. The molecule has 0 aliphatic rings. The van der Waals surface area contributed by atoms with Crippen molar-refractivity contribution >= 4 is 17.8 Å². The van der Waals surface area contributed by atoms with E-state index in [0.717, 1.165) is 5.56 Å². The van der Waals surface area contributed by atoms with Crippen molar-refractivity contribution in [3.05, 3.63) is 71.8 Å². The molecule has 0 saturated carbocycles. The van der Waals surface area contributed by atoms with Gasteiger partial charge in [0.1, 0.15) is 31.2 Å². The molecule has 2 aromatic carbocycles. The van der Waals surface area contributed by atoms with E-state index in [9.17, 15) is 27.6 Å². The summed E-state index contributed by atoms with van der Waals surface area (Å²) in [6.45, 7) is 5.51. The Morgan fingerprint density at radius 3 is 1.55 bits per heavy atom. The van der Waals surface area contributed by atoms with E-state index in [1.165, 1.54) is 0 Å². The van der Waals surface area contributed by atoms with E-state index in [1.54, 1.807) is 88.4 Å². The first-order valence-electron chi connectivity index (χ1n) is 12.4. The quantitative estimate of drug-likeness (QED) is 0.369. The van der Waals surface area contributed by atoms with E-state index in [4.69, 9.17) is 9.47 Å². The number of carbonyl (C=O) groups is 3. The molecular weight excluding hydrogens is 501 g/mol. The normalized spacial score (nSPS) is 14.0. The van der Waals surface area contributed by atoms with Crippen LogP contribution in [0.5, 0.6) is 0 Å². The zero-order chi connectivity index (χ0) is 28.3. The van der Waals surface area contributed by atoms with Crippen molar-refractivity contribution < 1.29 is 37.0 Å². The summed E-state index contributed by atoms with van der Waals surface area (Å²) in [5.74, 6) is -6.40. The number of nitrogens with one attached hydrogen (secondary N) is 2. The summed E-state index contributed by atoms with van der Waals surface area (Å²) in [4.78, 5) is 38.0. The van der Waals surface area contributed by atoms with Gasteiger partial charge < -0.3 is 20.1 Å².